The van der Waals surface area contributed by atoms with Gasteiger partial charge in [-0.2, -0.15) is 4.98 Å². The Labute approximate surface area is 134 Å². The van der Waals surface area contributed by atoms with Gasteiger partial charge in [-0.3, -0.25) is 4.79 Å². The first-order valence-electron chi connectivity index (χ1n) is 7.47. The fourth-order valence-corrected chi connectivity index (χ4v) is 2.33. The average Bonchev–Trinajstić information content (AvgIpc) is 3.02. The van der Waals surface area contributed by atoms with E-state index in [-0.39, 0.29) is 5.91 Å². The predicted octanol–water partition coefficient (Wildman–Crippen LogP) is 3.86. The monoisotopic (exact) mass is 307 g/mol. The number of nitrogens with one attached hydrogen (secondary N) is 1. The van der Waals surface area contributed by atoms with E-state index in [1.165, 1.54) is 0 Å². The maximum atomic E-state index is 12.4. The summed E-state index contributed by atoms with van der Waals surface area (Å²) in [5.41, 5.74) is 3.35. The number of rotatable bonds is 4. The van der Waals surface area contributed by atoms with Crippen molar-refractivity contribution in [3.8, 4) is 11.4 Å². The summed E-state index contributed by atoms with van der Waals surface area (Å²) in [5, 5.41) is 6.82. The van der Waals surface area contributed by atoms with E-state index in [0.29, 0.717) is 17.3 Å². The standard InChI is InChI=1S/C18H17N3O2/c1-3-13-6-4-5-7-16(13)20-18(22)15-10-8-14(9-11-15)17-19-12(2)23-21-17/h4-11H,3H2,1-2H3,(H,20,22). The van der Waals surface area contributed by atoms with Crippen molar-refractivity contribution in [2.75, 3.05) is 5.32 Å². The number of hydrogen-bond acceptors (Lipinski definition) is 4. The third-order valence-electron chi connectivity index (χ3n) is 3.58. The van der Waals surface area contributed by atoms with Gasteiger partial charge in [0.25, 0.3) is 5.91 Å². The highest BCUT2D eigenvalue weighted by Crippen LogP contribution is 2.19. The molecule has 3 rings (SSSR count). The molecule has 0 atom stereocenters. The Morgan fingerprint density at radius 1 is 1.13 bits per heavy atom. The van der Waals surface area contributed by atoms with Gasteiger partial charge in [-0.05, 0) is 30.2 Å². The molecule has 0 fully saturated rings. The smallest absolute Gasteiger partial charge is 0.255 e. The minimum atomic E-state index is -0.137. The van der Waals surface area contributed by atoms with Gasteiger partial charge in [0.1, 0.15) is 0 Å². The van der Waals surface area contributed by atoms with Crippen LogP contribution in [0.1, 0.15) is 28.7 Å². The molecule has 3 aromatic rings. The second kappa shape index (κ2) is 6.44. The lowest BCUT2D eigenvalue weighted by Gasteiger charge is -2.09. The summed E-state index contributed by atoms with van der Waals surface area (Å²) in [4.78, 5) is 16.5. The van der Waals surface area contributed by atoms with Crippen molar-refractivity contribution in [2.45, 2.75) is 20.3 Å². The van der Waals surface area contributed by atoms with E-state index in [1.807, 2.05) is 36.4 Å². The number of aryl methyl sites for hydroxylation is 2. The first kappa shape index (κ1) is 15.0. The lowest BCUT2D eigenvalue weighted by atomic mass is 10.1. The van der Waals surface area contributed by atoms with Crippen molar-refractivity contribution in [2.24, 2.45) is 0 Å². The Bertz CT molecular complexity index is 822. The van der Waals surface area contributed by atoms with Crippen molar-refractivity contribution in [1.82, 2.24) is 10.1 Å². The van der Waals surface area contributed by atoms with Gasteiger partial charge in [0.05, 0.1) is 0 Å². The zero-order valence-electron chi connectivity index (χ0n) is 13.0. The molecule has 0 saturated heterocycles. The summed E-state index contributed by atoms with van der Waals surface area (Å²) in [7, 11) is 0. The first-order chi connectivity index (χ1) is 11.2. The summed E-state index contributed by atoms with van der Waals surface area (Å²) in [5.74, 6) is 0.894. The Morgan fingerprint density at radius 2 is 1.87 bits per heavy atom. The van der Waals surface area contributed by atoms with E-state index in [4.69, 9.17) is 4.52 Å². The molecule has 0 unspecified atom stereocenters. The third kappa shape index (κ3) is 3.29. The number of para-hydroxylation sites is 1. The van der Waals surface area contributed by atoms with E-state index in [9.17, 15) is 4.79 Å². The molecule has 116 valence electrons. The van der Waals surface area contributed by atoms with Gasteiger partial charge in [0.15, 0.2) is 0 Å². The average molecular weight is 307 g/mol. The second-order valence-corrected chi connectivity index (χ2v) is 5.18. The van der Waals surface area contributed by atoms with Crippen molar-refractivity contribution in [3.63, 3.8) is 0 Å². The van der Waals surface area contributed by atoms with Gasteiger partial charge in [-0.15, -0.1) is 0 Å². The van der Waals surface area contributed by atoms with E-state index >= 15 is 0 Å². The highest BCUT2D eigenvalue weighted by atomic mass is 16.5. The van der Waals surface area contributed by atoms with Crippen LogP contribution in [0.3, 0.4) is 0 Å². The van der Waals surface area contributed by atoms with Crippen LogP contribution in [0.25, 0.3) is 11.4 Å². The molecule has 2 aromatic carbocycles. The van der Waals surface area contributed by atoms with E-state index in [2.05, 4.69) is 22.4 Å². The topological polar surface area (TPSA) is 68.0 Å². The van der Waals surface area contributed by atoms with Crippen LogP contribution in [0.15, 0.2) is 53.1 Å². The fraction of sp³-hybridized carbons (Fsp3) is 0.167. The molecular formula is C18H17N3O2. The Hall–Kier alpha value is -2.95. The Kier molecular flexibility index (Phi) is 4.19. The molecule has 1 amide bonds. The number of amides is 1. The van der Waals surface area contributed by atoms with Crippen LogP contribution in [0.5, 0.6) is 0 Å². The number of anilines is 1. The van der Waals surface area contributed by atoms with Gasteiger partial charge < -0.3 is 9.84 Å². The lowest BCUT2D eigenvalue weighted by molar-refractivity contribution is 0.102. The zero-order valence-corrected chi connectivity index (χ0v) is 13.0. The van der Waals surface area contributed by atoms with E-state index < -0.39 is 0 Å². The SMILES string of the molecule is CCc1ccccc1NC(=O)c1ccc(-c2noc(C)n2)cc1. The number of benzene rings is 2. The molecule has 1 heterocycles. The molecule has 5 heteroatoms. The Balaban J connectivity index is 1.78. The molecule has 0 aliphatic rings. The van der Waals surface area contributed by atoms with Crippen LogP contribution in [0, 0.1) is 6.92 Å². The van der Waals surface area contributed by atoms with Crippen LogP contribution in [0.4, 0.5) is 5.69 Å². The quantitative estimate of drug-likeness (QED) is 0.794. The maximum absolute atomic E-state index is 12.4. The highest BCUT2D eigenvalue weighted by Gasteiger charge is 2.10. The Morgan fingerprint density at radius 3 is 2.52 bits per heavy atom. The van der Waals surface area contributed by atoms with E-state index in [0.717, 1.165) is 23.2 Å². The van der Waals surface area contributed by atoms with Crippen LogP contribution in [-0.4, -0.2) is 16.0 Å². The molecule has 0 bridgehead atoms. The van der Waals surface area contributed by atoms with Crippen LogP contribution in [0.2, 0.25) is 0 Å². The fourth-order valence-electron chi connectivity index (χ4n) is 2.33. The molecule has 5 nitrogen and oxygen atoms in total. The summed E-state index contributed by atoms with van der Waals surface area (Å²) in [6.45, 7) is 3.80. The summed E-state index contributed by atoms with van der Waals surface area (Å²) >= 11 is 0. The minimum Gasteiger partial charge on any atom is -0.339 e. The van der Waals surface area contributed by atoms with Gasteiger partial charge >= 0.3 is 0 Å². The zero-order chi connectivity index (χ0) is 16.2. The van der Waals surface area contributed by atoms with Gasteiger partial charge in [0, 0.05) is 23.7 Å². The van der Waals surface area contributed by atoms with Gasteiger partial charge in [-0.1, -0.05) is 42.4 Å². The van der Waals surface area contributed by atoms with Gasteiger partial charge in [-0.25, -0.2) is 0 Å². The molecule has 0 radical (unpaired) electrons. The van der Waals surface area contributed by atoms with Crippen LogP contribution < -0.4 is 5.32 Å². The predicted molar refractivity (Wildman–Crippen MR) is 88.2 cm³/mol. The highest BCUT2D eigenvalue weighted by molar-refractivity contribution is 6.04. The number of carbonyl (C=O) groups is 1. The largest absolute Gasteiger partial charge is 0.339 e. The number of carbonyl (C=O) groups excluding carboxylic acids is 1. The molecule has 0 aliphatic heterocycles. The number of nitrogens with zero attached hydrogens (tertiary/aromatic N) is 2. The molecular weight excluding hydrogens is 290 g/mol. The van der Waals surface area contributed by atoms with Gasteiger partial charge in [0.2, 0.25) is 11.7 Å². The van der Waals surface area contributed by atoms with Crippen molar-refractivity contribution >= 4 is 11.6 Å². The first-order valence-corrected chi connectivity index (χ1v) is 7.47. The third-order valence-corrected chi connectivity index (χ3v) is 3.58. The van der Waals surface area contributed by atoms with Crippen LogP contribution in [-0.2, 0) is 6.42 Å². The lowest BCUT2D eigenvalue weighted by Crippen LogP contribution is -2.13. The molecule has 1 aromatic heterocycles. The van der Waals surface area contributed by atoms with Crippen molar-refractivity contribution in [1.29, 1.82) is 0 Å². The molecule has 1 N–H and O–H groups in total. The van der Waals surface area contributed by atoms with Crippen molar-refractivity contribution in [3.05, 3.63) is 65.5 Å². The molecule has 0 spiro atoms. The summed E-state index contributed by atoms with van der Waals surface area (Å²) in [6, 6.07) is 14.9. The molecule has 0 aliphatic carbocycles. The molecule has 23 heavy (non-hydrogen) atoms. The summed E-state index contributed by atoms with van der Waals surface area (Å²) in [6.07, 6.45) is 0.868. The molecule has 0 saturated carbocycles. The summed E-state index contributed by atoms with van der Waals surface area (Å²) < 4.78 is 4.96. The second-order valence-electron chi connectivity index (χ2n) is 5.18. The minimum absolute atomic E-state index is 0.137. The normalized spacial score (nSPS) is 10.5. The van der Waals surface area contributed by atoms with Crippen molar-refractivity contribution < 1.29 is 9.32 Å². The van der Waals surface area contributed by atoms with E-state index in [1.54, 1.807) is 19.1 Å². The maximum Gasteiger partial charge on any atom is 0.255 e. The van der Waals surface area contributed by atoms with Crippen LogP contribution >= 0.6 is 0 Å². The number of aromatic nitrogens is 2. The number of hydrogen-bond donors (Lipinski definition) is 1.